The van der Waals surface area contributed by atoms with Gasteiger partial charge in [-0.2, -0.15) is 0 Å². The molecule has 0 atom stereocenters. The van der Waals surface area contributed by atoms with Gasteiger partial charge in [0.1, 0.15) is 0 Å². The zero-order chi connectivity index (χ0) is 13.4. The van der Waals surface area contributed by atoms with Gasteiger partial charge in [0.15, 0.2) is 0 Å². The topological polar surface area (TPSA) is 20.3 Å². The van der Waals surface area contributed by atoms with Crippen LogP contribution in [0.2, 0.25) is 0 Å². The molecule has 1 aliphatic rings. The molecule has 0 aliphatic carbocycles. The van der Waals surface area contributed by atoms with Crippen molar-refractivity contribution in [3.05, 3.63) is 70.3 Å². The summed E-state index contributed by atoms with van der Waals surface area (Å²) < 4.78 is 0. The third-order valence-electron chi connectivity index (χ3n) is 3.76. The summed E-state index contributed by atoms with van der Waals surface area (Å²) in [6.45, 7) is 5.62. The van der Waals surface area contributed by atoms with Gasteiger partial charge in [-0.15, -0.1) is 0 Å². The first-order chi connectivity index (χ1) is 9.15. The van der Waals surface area contributed by atoms with Crippen LogP contribution in [0.5, 0.6) is 0 Å². The highest BCUT2D eigenvalue weighted by Crippen LogP contribution is 2.25. The molecule has 1 aliphatic heterocycles. The lowest BCUT2D eigenvalue weighted by Crippen LogP contribution is -2.23. The Morgan fingerprint density at radius 1 is 1.11 bits per heavy atom. The fraction of sp³-hybridized carbons (Fsp3) is 0.235. The van der Waals surface area contributed by atoms with Crippen molar-refractivity contribution in [2.75, 3.05) is 0 Å². The smallest absolute Gasteiger partial charge is 0.254 e. The number of rotatable bonds is 2. The number of carbonyl (C=O) groups excluding carboxylic acids is 1. The Kier molecular flexibility index (Phi) is 2.86. The largest absolute Gasteiger partial charge is 0.330 e. The van der Waals surface area contributed by atoms with Crippen molar-refractivity contribution in [3.8, 4) is 0 Å². The van der Waals surface area contributed by atoms with Gasteiger partial charge in [0, 0.05) is 18.7 Å². The lowest BCUT2D eigenvalue weighted by atomic mass is 10.1. The fourth-order valence-corrected chi connectivity index (χ4v) is 2.67. The van der Waals surface area contributed by atoms with Gasteiger partial charge in [0.05, 0.1) is 0 Å². The predicted octanol–water partition coefficient (Wildman–Crippen LogP) is 3.46. The molecule has 1 heterocycles. The summed E-state index contributed by atoms with van der Waals surface area (Å²) in [4.78, 5) is 14.2. The van der Waals surface area contributed by atoms with E-state index in [1.54, 1.807) is 0 Å². The molecule has 2 heteroatoms. The number of fused-ring (bicyclic) bond motifs is 1. The summed E-state index contributed by atoms with van der Waals surface area (Å²) in [6, 6.07) is 14.3. The van der Waals surface area contributed by atoms with Crippen molar-refractivity contribution in [2.45, 2.75) is 26.9 Å². The minimum atomic E-state index is 0.149. The summed E-state index contributed by atoms with van der Waals surface area (Å²) in [5, 5.41) is 0. The quantitative estimate of drug-likeness (QED) is 0.800. The second kappa shape index (κ2) is 4.54. The normalized spacial score (nSPS) is 13.8. The third kappa shape index (κ3) is 2.14. The Balaban J connectivity index is 1.85. The highest BCUT2D eigenvalue weighted by molar-refractivity contribution is 5.98. The van der Waals surface area contributed by atoms with Gasteiger partial charge in [-0.3, -0.25) is 4.79 Å². The minimum Gasteiger partial charge on any atom is -0.330 e. The molecular weight excluding hydrogens is 234 g/mol. The van der Waals surface area contributed by atoms with Crippen molar-refractivity contribution >= 4 is 5.91 Å². The zero-order valence-electron chi connectivity index (χ0n) is 11.3. The molecule has 19 heavy (non-hydrogen) atoms. The number of hydrogen-bond donors (Lipinski definition) is 0. The highest BCUT2D eigenvalue weighted by Gasteiger charge is 2.26. The maximum Gasteiger partial charge on any atom is 0.254 e. The van der Waals surface area contributed by atoms with Crippen LogP contribution in [0.3, 0.4) is 0 Å². The predicted molar refractivity (Wildman–Crippen MR) is 75.9 cm³/mol. The van der Waals surface area contributed by atoms with Crippen molar-refractivity contribution in [3.63, 3.8) is 0 Å². The van der Waals surface area contributed by atoms with Gasteiger partial charge >= 0.3 is 0 Å². The SMILES string of the molecule is Cc1ccc(CN2Cc3ccccc3C2=O)c(C)c1. The van der Waals surface area contributed by atoms with Crippen molar-refractivity contribution in [1.82, 2.24) is 4.90 Å². The van der Waals surface area contributed by atoms with Crippen LogP contribution in [-0.4, -0.2) is 10.8 Å². The van der Waals surface area contributed by atoms with E-state index in [-0.39, 0.29) is 5.91 Å². The van der Waals surface area contributed by atoms with Crippen LogP contribution in [0.4, 0.5) is 0 Å². The van der Waals surface area contributed by atoms with Crippen LogP contribution in [0.1, 0.15) is 32.6 Å². The monoisotopic (exact) mass is 251 g/mol. The molecule has 0 N–H and O–H groups in total. The van der Waals surface area contributed by atoms with E-state index in [1.807, 2.05) is 29.2 Å². The number of carbonyl (C=O) groups is 1. The van der Waals surface area contributed by atoms with Crippen LogP contribution in [0, 0.1) is 13.8 Å². The van der Waals surface area contributed by atoms with Gasteiger partial charge < -0.3 is 4.90 Å². The lowest BCUT2D eigenvalue weighted by molar-refractivity contribution is 0.0766. The highest BCUT2D eigenvalue weighted by atomic mass is 16.2. The van der Waals surface area contributed by atoms with E-state index in [1.165, 1.54) is 16.7 Å². The van der Waals surface area contributed by atoms with E-state index in [9.17, 15) is 4.79 Å². The van der Waals surface area contributed by atoms with E-state index in [0.29, 0.717) is 6.54 Å². The second-order valence-electron chi connectivity index (χ2n) is 5.25. The molecule has 0 spiro atoms. The number of amides is 1. The van der Waals surface area contributed by atoms with Crippen molar-refractivity contribution in [1.29, 1.82) is 0 Å². The molecule has 0 radical (unpaired) electrons. The molecule has 2 nitrogen and oxygen atoms in total. The standard InChI is InChI=1S/C17H17NO/c1-12-7-8-14(13(2)9-12)10-18-11-15-5-3-4-6-16(15)17(18)19/h3-9H,10-11H2,1-2H3. The minimum absolute atomic E-state index is 0.149. The van der Waals surface area contributed by atoms with E-state index in [4.69, 9.17) is 0 Å². The average molecular weight is 251 g/mol. The van der Waals surface area contributed by atoms with Crippen molar-refractivity contribution in [2.24, 2.45) is 0 Å². The first-order valence-electron chi connectivity index (χ1n) is 6.58. The molecule has 3 rings (SSSR count). The zero-order valence-corrected chi connectivity index (χ0v) is 11.3. The molecule has 0 bridgehead atoms. The number of hydrogen-bond acceptors (Lipinski definition) is 1. The third-order valence-corrected chi connectivity index (χ3v) is 3.76. The first kappa shape index (κ1) is 12.0. The van der Waals surface area contributed by atoms with Gasteiger partial charge in [0.25, 0.3) is 5.91 Å². The van der Waals surface area contributed by atoms with Gasteiger partial charge in [-0.25, -0.2) is 0 Å². The Labute approximate surface area is 113 Å². The summed E-state index contributed by atoms with van der Waals surface area (Å²) in [7, 11) is 0. The van der Waals surface area contributed by atoms with Crippen molar-refractivity contribution < 1.29 is 4.79 Å². The van der Waals surface area contributed by atoms with Crippen LogP contribution in [-0.2, 0) is 13.1 Å². The summed E-state index contributed by atoms with van der Waals surface area (Å²) >= 11 is 0. The maximum absolute atomic E-state index is 12.3. The molecule has 2 aromatic carbocycles. The summed E-state index contributed by atoms with van der Waals surface area (Å²) in [6.07, 6.45) is 0. The Hall–Kier alpha value is -2.09. The Morgan fingerprint density at radius 3 is 2.63 bits per heavy atom. The molecule has 0 aromatic heterocycles. The fourth-order valence-electron chi connectivity index (χ4n) is 2.67. The number of benzene rings is 2. The maximum atomic E-state index is 12.3. The Morgan fingerprint density at radius 2 is 1.89 bits per heavy atom. The Bertz CT molecular complexity index is 645. The molecule has 0 fully saturated rings. The molecule has 1 amide bonds. The van der Waals surface area contributed by atoms with E-state index in [0.717, 1.165) is 17.7 Å². The van der Waals surface area contributed by atoms with E-state index in [2.05, 4.69) is 32.0 Å². The first-order valence-corrected chi connectivity index (χ1v) is 6.58. The average Bonchev–Trinajstić information content (AvgIpc) is 2.70. The van der Waals surface area contributed by atoms with Gasteiger partial charge in [-0.05, 0) is 36.6 Å². The molecular formula is C17H17NO. The van der Waals surface area contributed by atoms with Gasteiger partial charge in [0.2, 0.25) is 0 Å². The van der Waals surface area contributed by atoms with E-state index >= 15 is 0 Å². The molecule has 0 saturated heterocycles. The van der Waals surface area contributed by atoms with Crippen LogP contribution in [0.15, 0.2) is 42.5 Å². The molecule has 96 valence electrons. The molecule has 0 unspecified atom stereocenters. The summed E-state index contributed by atoms with van der Waals surface area (Å²) in [5.74, 6) is 0.149. The van der Waals surface area contributed by atoms with Gasteiger partial charge in [-0.1, -0.05) is 42.0 Å². The number of nitrogens with zero attached hydrogens (tertiary/aromatic N) is 1. The van der Waals surface area contributed by atoms with Crippen LogP contribution in [0.25, 0.3) is 0 Å². The van der Waals surface area contributed by atoms with E-state index < -0.39 is 0 Å². The number of aryl methyl sites for hydroxylation is 2. The molecule has 0 saturated carbocycles. The van der Waals surface area contributed by atoms with Crippen LogP contribution < -0.4 is 0 Å². The second-order valence-corrected chi connectivity index (χ2v) is 5.25. The summed E-state index contributed by atoms with van der Waals surface area (Å²) in [5.41, 5.74) is 5.73. The van der Waals surface area contributed by atoms with Crippen LogP contribution >= 0.6 is 0 Å². The molecule has 2 aromatic rings. The lowest BCUT2D eigenvalue weighted by Gasteiger charge is -2.17.